The smallest absolute Gasteiger partial charge is 0.316 e. The number of phosphoric ester groups is 1. The van der Waals surface area contributed by atoms with E-state index in [1.165, 1.54) is 0 Å². The molecule has 0 aliphatic heterocycles. The van der Waals surface area contributed by atoms with Crippen molar-refractivity contribution in [1.82, 2.24) is 0 Å². The van der Waals surface area contributed by atoms with Crippen molar-refractivity contribution in [2.24, 2.45) is 5.73 Å². The van der Waals surface area contributed by atoms with Crippen LogP contribution in [0.1, 0.15) is 0 Å². The Labute approximate surface area is 76.0 Å². The molecule has 0 atom stereocenters. The second kappa shape index (κ2) is 6.44. The van der Waals surface area contributed by atoms with E-state index in [1.54, 1.807) is 0 Å². The van der Waals surface area contributed by atoms with Gasteiger partial charge in [-0.2, -0.15) is 8.42 Å². The summed E-state index contributed by atoms with van der Waals surface area (Å²) >= 11 is 0. The Bertz CT molecular complexity index is 253. The first kappa shape index (κ1) is 15.5. The molecule has 0 fully saturated rings. The fourth-order valence-electron chi connectivity index (χ4n) is 0.0745. The van der Waals surface area contributed by atoms with Gasteiger partial charge in [0.2, 0.25) is 0 Å². The van der Waals surface area contributed by atoms with Crippen LogP contribution in [0.15, 0.2) is 0 Å². The van der Waals surface area contributed by atoms with E-state index in [4.69, 9.17) is 9.45 Å². The Morgan fingerprint density at radius 1 is 1.38 bits per heavy atom. The van der Waals surface area contributed by atoms with Crippen molar-refractivity contribution in [2.75, 3.05) is 20.1 Å². The number of hydrogen-bond acceptors (Lipinski definition) is 6. The zero-order chi connectivity index (χ0) is 11.1. The minimum absolute atomic E-state index is 0.701. The Hall–Kier alpha value is -0.0200. The van der Waals surface area contributed by atoms with Gasteiger partial charge in [-0.15, -0.1) is 0 Å². The van der Waals surface area contributed by atoms with Crippen molar-refractivity contribution in [2.45, 2.75) is 0 Å². The lowest BCUT2D eigenvalue weighted by Gasteiger charge is -2.01. The van der Waals surface area contributed by atoms with E-state index in [2.05, 4.69) is 14.8 Å². The second-order valence-electron chi connectivity index (χ2n) is 1.58. The number of nitrogens with two attached hydrogens (primary N) is 1. The van der Waals surface area contributed by atoms with Crippen LogP contribution in [0, 0.1) is 0 Å². The molecule has 82 valence electrons. The Kier molecular flexibility index (Phi) is 7.65. The monoisotopic (exact) mass is 237 g/mol. The van der Waals surface area contributed by atoms with Crippen molar-refractivity contribution >= 4 is 17.9 Å². The molecule has 0 unspecified atom stereocenters. The van der Waals surface area contributed by atoms with Gasteiger partial charge in [0, 0.05) is 14.2 Å². The molecule has 0 rings (SSSR count). The Balaban J connectivity index is 0. The standard InChI is InChI=1S/C2H7O4P.CH5NO3S/c1-5-7(3,4)6-2;2-1-6(3,4)5/h1-2H3,(H,3,4);1-2H2,(H,3,4,5). The molecular weight excluding hydrogens is 225 g/mol. The van der Waals surface area contributed by atoms with Gasteiger partial charge < -0.3 is 10.6 Å². The molecule has 0 radical (unpaired) electrons. The first-order valence-electron chi connectivity index (χ1n) is 2.78. The lowest BCUT2D eigenvalue weighted by Crippen LogP contribution is -2.11. The van der Waals surface area contributed by atoms with Gasteiger partial charge in [0.05, 0.1) is 0 Å². The molecule has 8 nitrogen and oxygen atoms in total. The van der Waals surface area contributed by atoms with E-state index in [9.17, 15) is 13.0 Å². The normalized spacial score (nSPS) is 11.8. The van der Waals surface area contributed by atoms with E-state index in [0.717, 1.165) is 14.2 Å². The van der Waals surface area contributed by atoms with Gasteiger partial charge in [-0.3, -0.25) is 13.6 Å². The molecule has 0 aromatic heterocycles. The van der Waals surface area contributed by atoms with Crippen LogP contribution in [0.4, 0.5) is 0 Å². The SMILES string of the molecule is COP(=O)(O)OC.NCS(=O)(=O)O. The minimum atomic E-state index is -3.88. The fraction of sp³-hybridized carbons (Fsp3) is 1.00. The maximum absolute atomic E-state index is 10.1. The topological polar surface area (TPSA) is 136 Å². The first-order chi connectivity index (χ1) is 5.68. The quantitative estimate of drug-likeness (QED) is 0.427. The summed E-state index contributed by atoms with van der Waals surface area (Å²) in [6.45, 7) is 0. The summed E-state index contributed by atoms with van der Waals surface area (Å²) in [5.74, 6) is -0.701. The minimum Gasteiger partial charge on any atom is -0.316 e. The van der Waals surface area contributed by atoms with Crippen molar-refractivity contribution < 1.29 is 31.5 Å². The molecule has 0 aromatic rings. The Morgan fingerprint density at radius 2 is 1.62 bits per heavy atom. The molecular formula is C3H12NO7PS. The van der Waals surface area contributed by atoms with E-state index < -0.39 is 23.8 Å². The highest BCUT2D eigenvalue weighted by molar-refractivity contribution is 7.85. The Morgan fingerprint density at radius 3 is 1.62 bits per heavy atom. The molecule has 4 N–H and O–H groups in total. The third kappa shape index (κ3) is 14.8. The highest BCUT2D eigenvalue weighted by atomic mass is 32.2. The lowest BCUT2D eigenvalue weighted by atomic mass is 11.6. The predicted molar refractivity (Wildman–Crippen MR) is 44.4 cm³/mol. The van der Waals surface area contributed by atoms with Gasteiger partial charge in [0.1, 0.15) is 5.88 Å². The van der Waals surface area contributed by atoms with Crippen LogP contribution < -0.4 is 5.73 Å². The molecule has 0 amide bonds. The summed E-state index contributed by atoms with van der Waals surface area (Å²) in [4.78, 5) is 8.24. The number of phosphoric acid groups is 1. The van der Waals surface area contributed by atoms with E-state index in [-0.39, 0.29) is 0 Å². The van der Waals surface area contributed by atoms with Gasteiger partial charge in [-0.05, 0) is 0 Å². The van der Waals surface area contributed by atoms with E-state index in [0.29, 0.717) is 0 Å². The van der Waals surface area contributed by atoms with Crippen molar-refractivity contribution in [3.8, 4) is 0 Å². The maximum atomic E-state index is 10.1. The van der Waals surface area contributed by atoms with Crippen LogP contribution in [0.25, 0.3) is 0 Å². The van der Waals surface area contributed by atoms with Crippen LogP contribution >= 0.6 is 7.82 Å². The molecule has 13 heavy (non-hydrogen) atoms. The summed E-state index contributed by atoms with van der Waals surface area (Å²) in [6, 6.07) is 0. The van der Waals surface area contributed by atoms with E-state index in [1.807, 2.05) is 0 Å². The van der Waals surface area contributed by atoms with Crippen LogP contribution in [-0.4, -0.2) is 38.0 Å². The van der Waals surface area contributed by atoms with Gasteiger partial charge in [-0.1, -0.05) is 0 Å². The molecule has 0 bridgehead atoms. The van der Waals surface area contributed by atoms with Crippen LogP contribution in [0.5, 0.6) is 0 Å². The van der Waals surface area contributed by atoms with Gasteiger partial charge in [0.25, 0.3) is 10.1 Å². The zero-order valence-corrected chi connectivity index (χ0v) is 8.79. The average Bonchev–Trinajstić information content (AvgIpc) is 2.04. The fourth-order valence-corrected chi connectivity index (χ4v) is 0.224. The molecule has 0 aliphatic carbocycles. The van der Waals surface area contributed by atoms with Gasteiger partial charge in [-0.25, -0.2) is 4.57 Å². The number of rotatable bonds is 3. The van der Waals surface area contributed by atoms with Crippen LogP contribution in [0.2, 0.25) is 0 Å². The highest BCUT2D eigenvalue weighted by Gasteiger charge is 2.13. The average molecular weight is 237 g/mol. The molecule has 0 saturated carbocycles. The molecule has 10 heteroatoms. The molecule has 0 spiro atoms. The van der Waals surface area contributed by atoms with Crippen molar-refractivity contribution in [3.05, 3.63) is 0 Å². The molecule has 0 aromatic carbocycles. The van der Waals surface area contributed by atoms with Crippen LogP contribution in [0.3, 0.4) is 0 Å². The van der Waals surface area contributed by atoms with Gasteiger partial charge >= 0.3 is 7.82 Å². The first-order valence-corrected chi connectivity index (χ1v) is 5.88. The molecule has 0 saturated heterocycles. The van der Waals surface area contributed by atoms with Crippen LogP contribution in [-0.2, 0) is 23.7 Å². The lowest BCUT2D eigenvalue weighted by molar-refractivity contribution is 0.204. The largest absolute Gasteiger partial charge is 0.471 e. The molecule has 0 aliphatic rings. The summed E-state index contributed by atoms with van der Waals surface area (Å²) in [5, 5.41) is 0. The summed E-state index contributed by atoms with van der Waals surface area (Å²) in [6.07, 6.45) is 0. The third-order valence-corrected chi connectivity index (χ3v) is 2.02. The molecule has 0 heterocycles. The maximum Gasteiger partial charge on any atom is 0.471 e. The summed E-state index contributed by atoms with van der Waals surface area (Å²) in [5.41, 5.74) is 4.47. The predicted octanol–water partition coefficient (Wildman–Crippen LogP) is -0.830. The van der Waals surface area contributed by atoms with E-state index >= 15 is 0 Å². The highest BCUT2D eigenvalue weighted by Crippen LogP contribution is 2.40. The summed E-state index contributed by atoms with van der Waals surface area (Å²) < 4.78 is 44.5. The van der Waals surface area contributed by atoms with Crippen molar-refractivity contribution in [3.63, 3.8) is 0 Å². The van der Waals surface area contributed by atoms with Crippen molar-refractivity contribution in [1.29, 1.82) is 0 Å². The van der Waals surface area contributed by atoms with Gasteiger partial charge in [0.15, 0.2) is 0 Å². The zero-order valence-electron chi connectivity index (χ0n) is 7.08. The third-order valence-electron chi connectivity index (χ3n) is 0.672. The summed E-state index contributed by atoms with van der Waals surface area (Å²) in [7, 11) is -5.34. The number of hydrogen-bond donors (Lipinski definition) is 3. The second-order valence-corrected chi connectivity index (χ2v) is 4.75.